The second-order valence-electron chi connectivity index (χ2n) is 1.67. The van der Waals surface area contributed by atoms with Crippen molar-refractivity contribution in [3.05, 3.63) is 0 Å². The smallest absolute Gasteiger partial charge is 0.161 e. The highest BCUT2D eigenvalue weighted by atomic mass is 28.2. The average molecular weight is 118 g/mol. The Labute approximate surface area is 48.0 Å². The van der Waals surface area contributed by atoms with E-state index in [1.807, 2.05) is 0 Å². The summed E-state index contributed by atoms with van der Waals surface area (Å²) in [5.74, 6) is 0. The Morgan fingerprint density at radius 3 is 2.29 bits per heavy atom. The summed E-state index contributed by atoms with van der Waals surface area (Å²) in [5.41, 5.74) is 0. The first kappa shape index (κ1) is 7.18. The van der Waals surface area contributed by atoms with Gasteiger partial charge < -0.3 is 4.43 Å². The average Bonchev–Trinajstić information content (AvgIpc) is 1.72. The molecule has 0 atom stereocenters. The molecule has 0 bridgehead atoms. The molecule has 44 valence electrons. The van der Waals surface area contributed by atoms with Crippen LogP contribution in [0.2, 0.25) is 6.04 Å². The maximum atomic E-state index is 5.21. The minimum atomic E-state index is 0. The van der Waals surface area contributed by atoms with Gasteiger partial charge in [0, 0.05) is 6.61 Å². The Morgan fingerprint density at radius 1 is 1.29 bits per heavy atom. The Hall–Kier alpha value is 0.177. The topological polar surface area (TPSA) is 9.23 Å². The molecule has 0 amide bonds. The van der Waals surface area contributed by atoms with Gasteiger partial charge in [-0.2, -0.15) is 0 Å². The zero-order valence-corrected chi connectivity index (χ0v) is 5.36. The van der Waals surface area contributed by atoms with Crippen molar-refractivity contribution in [1.82, 2.24) is 0 Å². The summed E-state index contributed by atoms with van der Waals surface area (Å²) in [6.07, 6.45) is 2.75. The molecular weight excluding hydrogens is 104 g/mol. The third-order valence-electron chi connectivity index (χ3n) is 1.08. The van der Waals surface area contributed by atoms with E-state index in [0.717, 1.165) is 6.61 Å². The Balaban J connectivity index is 0.000000360. The van der Waals surface area contributed by atoms with Crippen molar-refractivity contribution in [2.75, 3.05) is 6.61 Å². The molecule has 1 aliphatic heterocycles. The standard InChI is InChI=1S/C4H10OSi.CH4/c1-2-4-6-5-3-1;/h1-4,6H2;1H4. The van der Waals surface area contributed by atoms with Crippen molar-refractivity contribution in [1.29, 1.82) is 0 Å². The quantitative estimate of drug-likeness (QED) is 0.430. The van der Waals surface area contributed by atoms with Crippen molar-refractivity contribution in [3.8, 4) is 0 Å². The summed E-state index contributed by atoms with van der Waals surface area (Å²) in [6.45, 7) is 1.06. The van der Waals surface area contributed by atoms with Crippen LogP contribution in [-0.4, -0.2) is 16.4 Å². The monoisotopic (exact) mass is 118 g/mol. The Bertz CT molecular complexity index is 23.6. The number of hydrogen-bond donors (Lipinski definition) is 0. The third kappa shape index (κ3) is 2.82. The largest absolute Gasteiger partial charge is 0.424 e. The van der Waals surface area contributed by atoms with Gasteiger partial charge in [0.2, 0.25) is 0 Å². The predicted octanol–water partition coefficient (Wildman–Crippen LogP) is 0.935. The van der Waals surface area contributed by atoms with Crippen LogP contribution >= 0.6 is 0 Å². The summed E-state index contributed by atoms with van der Waals surface area (Å²) in [6, 6.07) is 1.42. The highest BCUT2D eigenvalue weighted by molar-refractivity contribution is 6.27. The summed E-state index contributed by atoms with van der Waals surface area (Å²) in [7, 11) is 0.00849. The van der Waals surface area contributed by atoms with Crippen LogP contribution in [-0.2, 0) is 4.43 Å². The molecule has 1 nitrogen and oxygen atoms in total. The molecule has 0 aromatic heterocycles. The van der Waals surface area contributed by atoms with Crippen LogP contribution in [0.1, 0.15) is 20.3 Å². The normalized spacial score (nSPS) is 24.0. The van der Waals surface area contributed by atoms with E-state index in [1.165, 1.54) is 18.9 Å². The van der Waals surface area contributed by atoms with Gasteiger partial charge in [-0.1, -0.05) is 13.8 Å². The molecule has 0 saturated carbocycles. The summed E-state index contributed by atoms with van der Waals surface area (Å²) in [5, 5.41) is 0. The maximum Gasteiger partial charge on any atom is 0.161 e. The zero-order valence-electron chi connectivity index (χ0n) is 3.94. The molecule has 0 aromatic carbocycles. The molecule has 0 spiro atoms. The van der Waals surface area contributed by atoms with E-state index in [-0.39, 0.29) is 17.2 Å². The molecule has 0 N–H and O–H groups in total. The fourth-order valence-electron chi connectivity index (χ4n) is 0.687. The molecule has 1 aliphatic rings. The molecule has 2 heteroatoms. The van der Waals surface area contributed by atoms with Crippen molar-refractivity contribution in [2.45, 2.75) is 26.3 Å². The summed E-state index contributed by atoms with van der Waals surface area (Å²) < 4.78 is 5.21. The molecule has 1 fully saturated rings. The molecular formula is C5H14OSi. The van der Waals surface area contributed by atoms with E-state index < -0.39 is 0 Å². The van der Waals surface area contributed by atoms with Gasteiger partial charge in [0.1, 0.15) is 0 Å². The van der Waals surface area contributed by atoms with Gasteiger partial charge in [-0.05, 0) is 12.5 Å². The fraction of sp³-hybridized carbons (Fsp3) is 1.00. The minimum Gasteiger partial charge on any atom is -0.424 e. The third-order valence-corrected chi connectivity index (χ3v) is 2.44. The molecule has 7 heavy (non-hydrogen) atoms. The van der Waals surface area contributed by atoms with Crippen LogP contribution < -0.4 is 0 Å². The van der Waals surface area contributed by atoms with Crippen LogP contribution in [0.15, 0.2) is 0 Å². The van der Waals surface area contributed by atoms with Crippen LogP contribution in [0, 0.1) is 0 Å². The van der Waals surface area contributed by atoms with Gasteiger partial charge in [0.15, 0.2) is 9.76 Å². The van der Waals surface area contributed by atoms with E-state index in [0.29, 0.717) is 0 Å². The van der Waals surface area contributed by atoms with Crippen LogP contribution in [0.3, 0.4) is 0 Å². The Morgan fingerprint density at radius 2 is 2.14 bits per heavy atom. The lowest BCUT2D eigenvalue weighted by Gasteiger charge is -2.07. The van der Waals surface area contributed by atoms with Crippen molar-refractivity contribution in [3.63, 3.8) is 0 Å². The van der Waals surface area contributed by atoms with Crippen molar-refractivity contribution in [2.24, 2.45) is 0 Å². The molecule has 0 radical (unpaired) electrons. The second-order valence-corrected chi connectivity index (χ2v) is 3.20. The molecule has 0 aliphatic carbocycles. The first-order valence-corrected chi connectivity index (χ1v) is 4.15. The Kier molecular flexibility index (Phi) is 4.45. The fourth-order valence-corrected chi connectivity index (χ4v) is 1.86. The lowest BCUT2D eigenvalue weighted by Crippen LogP contribution is -2.06. The van der Waals surface area contributed by atoms with E-state index in [2.05, 4.69) is 0 Å². The number of rotatable bonds is 0. The zero-order chi connectivity index (χ0) is 4.24. The molecule has 1 saturated heterocycles. The maximum absolute atomic E-state index is 5.21. The number of hydrogen-bond acceptors (Lipinski definition) is 1. The van der Waals surface area contributed by atoms with Gasteiger partial charge in [-0.15, -0.1) is 0 Å². The van der Waals surface area contributed by atoms with Crippen molar-refractivity contribution >= 4 is 9.76 Å². The van der Waals surface area contributed by atoms with Gasteiger partial charge >= 0.3 is 0 Å². The van der Waals surface area contributed by atoms with Gasteiger partial charge in [-0.25, -0.2) is 0 Å². The first-order chi connectivity index (χ1) is 3.00. The van der Waals surface area contributed by atoms with E-state index in [4.69, 9.17) is 4.43 Å². The molecule has 0 unspecified atom stereocenters. The van der Waals surface area contributed by atoms with Crippen molar-refractivity contribution < 1.29 is 4.43 Å². The van der Waals surface area contributed by atoms with Crippen LogP contribution in [0.5, 0.6) is 0 Å². The van der Waals surface area contributed by atoms with Crippen LogP contribution in [0.25, 0.3) is 0 Å². The molecule has 1 heterocycles. The van der Waals surface area contributed by atoms with E-state index in [9.17, 15) is 0 Å². The summed E-state index contributed by atoms with van der Waals surface area (Å²) >= 11 is 0. The predicted molar refractivity (Wildman–Crippen MR) is 35.3 cm³/mol. The first-order valence-electron chi connectivity index (χ1n) is 2.58. The SMILES string of the molecule is C.C1CC[SiH2]OC1. The highest BCUT2D eigenvalue weighted by Crippen LogP contribution is 2.01. The molecule has 1 rings (SSSR count). The highest BCUT2D eigenvalue weighted by Gasteiger charge is 1.96. The van der Waals surface area contributed by atoms with E-state index >= 15 is 0 Å². The molecule has 0 aromatic rings. The summed E-state index contributed by atoms with van der Waals surface area (Å²) in [4.78, 5) is 0. The minimum absolute atomic E-state index is 0. The lowest BCUT2D eigenvalue weighted by molar-refractivity contribution is 0.304. The van der Waals surface area contributed by atoms with Crippen LogP contribution in [0.4, 0.5) is 0 Å². The van der Waals surface area contributed by atoms with Gasteiger partial charge in [-0.3, -0.25) is 0 Å². The van der Waals surface area contributed by atoms with Gasteiger partial charge in [0.05, 0.1) is 0 Å². The van der Waals surface area contributed by atoms with Gasteiger partial charge in [0.25, 0.3) is 0 Å². The lowest BCUT2D eigenvalue weighted by atomic mass is 10.4. The second kappa shape index (κ2) is 4.34. The van der Waals surface area contributed by atoms with E-state index in [1.54, 1.807) is 0 Å².